The Morgan fingerprint density at radius 2 is 1.83 bits per heavy atom. The van der Waals surface area contributed by atoms with Crippen molar-refractivity contribution in [2.24, 2.45) is 0 Å². The normalized spacial score (nSPS) is 13.2. The lowest BCUT2D eigenvalue weighted by Gasteiger charge is -2.09. The minimum Gasteiger partial charge on any atom is -0.612 e. The van der Waals surface area contributed by atoms with Gasteiger partial charge in [-0.2, -0.15) is 14.7 Å². The van der Waals surface area contributed by atoms with Gasteiger partial charge in [-0.25, -0.2) is 9.89 Å². The third kappa shape index (κ3) is 3.12. The molecular formula is C16H14N5O3-. The van der Waals surface area contributed by atoms with Crippen LogP contribution >= 0.6 is 0 Å². The Bertz CT molecular complexity index is 907. The van der Waals surface area contributed by atoms with Gasteiger partial charge < -0.3 is 10.4 Å². The van der Waals surface area contributed by atoms with E-state index >= 15 is 0 Å². The third-order valence-electron chi connectivity index (χ3n) is 3.45. The first-order valence-electron chi connectivity index (χ1n) is 7.13. The summed E-state index contributed by atoms with van der Waals surface area (Å²) >= 11 is 0. The average Bonchev–Trinajstić information content (AvgIpc) is 2.95. The van der Waals surface area contributed by atoms with Crippen molar-refractivity contribution >= 4 is 5.71 Å². The van der Waals surface area contributed by atoms with Crippen molar-refractivity contribution in [2.45, 2.75) is 6.92 Å². The second kappa shape index (κ2) is 6.29. The highest BCUT2D eigenvalue weighted by atomic mass is 16.8. The fourth-order valence-electron chi connectivity index (χ4n) is 2.14. The van der Waals surface area contributed by atoms with Gasteiger partial charge in [-0.1, -0.05) is 29.8 Å². The molecule has 3 rings (SSSR count). The van der Waals surface area contributed by atoms with E-state index in [9.17, 15) is 15.2 Å². The van der Waals surface area contributed by atoms with Crippen molar-refractivity contribution in [3.63, 3.8) is 0 Å². The number of aromatic amines is 1. The SMILES string of the molecule is Cc1ccc(-c2n[nH]c(=O)n2NC=C2C=CC(=[N+]([O-])[O-])C=C2)cc1. The van der Waals surface area contributed by atoms with E-state index < -0.39 is 10.6 Å². The number of aromatic nitrogens is 3. The van der Waals surface area contributed by atoms with Gasteiger partial charge in [0.05, 0.1) is 0 Å². The number of H-pyrrole nitrogens is 1. The molecule has 0 amide bonds. The van der Waals surface area contributed by atoms with E-state index in [1.54, 1.807) is 18.4 Å². The molecule has 0 fully saturated rings. The highest BCUT2D eigenvalue weighted by molar-refractivity contribution is 6.02. The van der Waals surface area contributed by atoms with Crippen LogP contribution in [0.15, 0.2) is 65.1 Å². The van der Waals surface area contributed by atoms with E-state index in [4.69, 9.17) is 0 Å². The Labute approximate surface area is 136 Å². The van der Waals surface area contributed by atoms with Gasteiger partial charge in [-0.15, -0.1) is 0 Å². The van der Waals surface area contributed by atoms with Crippen molar-refractivity contribution in [3.8, 4) is 11.4 Å². The van der Waals surface area contributed by atoms with Crippen LogP contribution < -0.4 is 11.1 Å². The lowest BCUT2D eigenvalue weighted by Crippen LogP contribution is -2.24. The van der Waals surface area contributed by atoms with Gasteiger partial charge in [-0.05, 0) is 24.6 Å². The fraction of sp³-hybridized carbons (Fsp3) is 0.0625. The maximum Gasteiger partial charge on any atom is 0.362 e. The number of hydrogen-bond donors (Lipinski definition) is 2. The predicted molar refractivity (Wildman–Crippen MR) is 90.7 cm³/mol. The summed E-state index contributed by atoms with van der Waals surface area (Å²) in [5, 5.41) is 27.7. The van der Waals surface area contributed by atoms with E-state index in [0.717, 1.165) is 11.1 Å². The largest absolute Gasteiger partial charge is 0.612 e. The van der Waals surface area contributed by atoms with Crippen molar-refractivity contribution < 1.29 is 4.90 Å². The third-order valence-corrected chi connectivity index (χ3v) is 3.45. The standard InChI is InChI=1S/C16H14N5O3/c1-11-2-6-13(7-3-11)15-18-19-16(22)20(15)17-10-12-4-8-14(9-5-12)21(23)24/h2-10,17H,1H3,(H-,19,22,23,24)/q-1. The highest BCUT2D eigenvalue weighted by Crippen LogP contribution is 2.15. The zero-order valence-electron chi connectivity index (χ0n) is 12.8. The van der Waals surface area contributed by atoms with Crippen LogP contribution in [0.2, 0.25) is 0 Å². The predicted octanol–water partition coefficient (Wildman–Crippen LogP) is 1.55. The zero-order valence-corrected chi connectivity index (χ0v) is 12.8. The Morgan fingerprint density at radius 3 is 2.46 bits per heavy atom. The summed E-state index contributed by atoms with van der Waals surface area (Å²) in [6, 6.07) is 7.60. The van der Waals surface area contributed by atoms with Crippen molar-refractivity contribution in [1.82, 2.24) is 14.9 Å². The van der Waals surface area contributed by atoms with Crippen LogP contribution in [0, 0.1) is 17.3 Å². The molecule has 0 spiro atoms. The van der Waals surface area contributed by atoms with Crippen molar-refractivity contribution in [2.75, 3.05) is 5.43 Å². The molecular weight excluding hydrogens is 310 g/mol. The first-order valence-corrected chi connectivity index (χ1v) is 7.13. The van der Waals surface area contributed by atoms with E-state index in [-0.39, 0.29) is 5.71 Å². The lowest BCUT2D eigenvalue weighted by atomic mass is 10.1. The Balaban J connectivity index is 1.86. The van der Waals surface area contributed by atoms with Crippen LogP contribution in [-0.2, 0) is 0 Å². The molecule has 122 valence electrons. The Hall–Kier alpha value is -3.55. The second-order valence-corrected chi connectivity index (χ2v) is 5.18. The van der Waals surface area contributed by atoms with Gasteiger partial charge in [0.25, 0.3) is 0 Å². The van der Waals surface area contributed by atoms with Gasteiger partial charge in [0, 0.05) is 23.9 Å². The summed E-state index contributed by atoms with van der Waals surface area (Å²) in [7, 11) is 0. The molecule has 1 aromatic heterocycles. The summed E-state index contributed by atoms with van der Waals surface area (Å²) in [6.07, 6.45) is 7.53. The minimum absolute atomic E-state index is 0.00738. The molecule has 1 heterocycles. The molecule has 0 atom stereocenters. The van der Waals surface area contributed by atoms with Gasteiger partial charge in [0.2, 0.25) is 5.71 Å². The molecule has 2 aromatic rings. The van der Waals surface area contributed by atoms with Gasteiger partial charge in [0.1, 0.15) is 0 Å². The summed E-state index contributed by atoms with van der Waals surface area (Å²) < 4.78 is 1.27. The molecule has 0 saturated carbocycles. The molecule has 0 unspecified atom stereocenters. The first-order chi connectivity index (χ1) is 11.5. The molecule has 0 saturated heterocycles. The van der Waals surface area contributed by atoms with Crippen LogP contribution in [-0.4, -0.2) is 25.5 Å². The maximum absolute atomic E-state index is 11.9. The van der Waals surface area contributed by atoms with Crippen molar-refractivity contribution in [3.05, 3.63) is 86.8 Å². The van der Waals surface area contributed by atoms with E-state index in [2.05, 4.69) is 15.6 Å². The average molecular weight is 324 g/mol. The monoisotopic (exact) mass is 324 g/mol. The molecule has 8 heteroatoms. The summed E-state index contributed by atoms with van der Waals surface area (Å²) in [6.45, 7) is 1.97. The molecule has 1 aliphatic rings. The molecule has 24 heavy (non-hydrogen) atoms. The second-order valence-electron chi connectivity index (χ2n) is 5.18. The van der Waals surface area contributed by atoms with Gasteiger partial charge in [-0.3, -0.25) is 5.43 Å². The Morgan fingerprint density at radius 1 is 1.17 bits per heavy atom. The highest BCUT2D eigenvalue weighted by Gasteiger charge is 2.10. The van der Waals surface area contributed by atoms with Crippen LogP contribution in [0.1, 0.15) is 5.56 Å². The minimum atomic E-state index is -0.465. The molecule has 0 bridgehead atoms. The first kappa shape index (κ1) is 15.3. The topological polar surface area (TPSA) is 112 Å². The number of nitrogens with one attached hydrogen (secondary N) is 2. The Kier molecular flexibility index (Phi) is 4.02. The smallest absolute Gasteiger partial charge is 0.362 e. The van der Waals surface area contributed by atoms with E-state index in [1.807, 2.05) is 31.2 Å². The number of rotatable bonds is 3. The van der Waals surface area contributed by atoms with E-state index in [0.29, 0.717) is 11.4 Å². The molecule has 1 aliphatic carbocycles. The fourth-order valence-corrected chi connectivity index (χ4v) is 2.14. The van der Waals surface area contributed by atoms with Crippen LogP contribution in [0.3, 0.4) is 0 Å². The zero-order chi connectivity index (χ0) is 17.1. The number of nitrogens with zero attached hydrogens (tertiary/aromatic N) is 3. The summed E-state index contributed by atoms with van der Waals surface area (Å²) in [4.78, 5) is 11.5. The maximum atomic E-state index is 11.9. The molecule has 8 nitrogen and oxygen atoms in total. The quantitative estimate of drug-likeness (QED) is 0.657. The summed E-state index contributed by atoms with van der Waals surface area (Å²) in [5.74, 6) is 0.443. The van der Waals surface area contributed by atoms with Crippen LogP contribution in [0.25, 0.3) is 11.4 Å². The lowest BCUT2D eigenvalue weighted by molar-refractivity contribution is -0.377. The van der Waals surface area contributed by atoms with Crippen LogP contribution in [0.4, 0.5) is 0 Å². The number of aryl methyl sites for hydroxylation is 1. The van der Waals surface area contributed by atoms with Gasteiger partial charge >= 0.3 is 5.69 Å². The van der Waals surface area contributed by atoms with Crippen molar-refractivity contribution in [1.29, 1.82) is 0 Å². The van der Waals surface area contributed by atoms with E-state index in [1.165, 1.54) is 16.8 Å². The molecule has 1 aromatic carbocycles. The number of benzene rings is 1. The van der Waals surface area contributed by atoms with Gasteiger partial charge in [0.15, 0.2) is 5.82 Å². The number of hydrogen-bond acceptors (Lipinski definition) is 5. The number of allylic oxidation sites excluding steroid dienone is 5. The summed E-state index contributed by atoms with van der Waals surface area (Å²) in [5.41, 5.74) is 5.02. The molecule has 0 aliphatic heterocycles. The van der Waals surface area contributed by atoms with Crippen LogP contribution in [0.5, 0.6) is 0 Å². The molecule has 0 radical (unpaired) electrons. The molecule has 2 N–H and O–H groups in total.